The van der Waals surface area contributed by atoms with Crippen LogP contribution in [0, 0.1) is 12.5 Å². The average molecular weight is 200 g/mol. The highest BCUT2D eigenvalue weighted by Gasteiger charge is 2.15. The van der Waals surface area contributed by atoms with Crippen LogP contribution in [0.1, 0.15) is 47.5 Å². The quantitative estimate of drug-likeness (QED) is 0.757. The Morgan fingerprint density at radius 1 is 1.50 bits per heavy atom. The van der Waals surface area contributed by atoms with E-state index in [0.29, 0.717) is 5.92 Å². The second-order valence-corrected chi connectivity index (χ2v) is 4.60. The monoisotopic (exact) mass is 200 g/mol. The molecule has 0 rings (SSSR count). The number of hydrogen-bond donors (Lipinski definition) is 1. The molecule has 0 aliphatic rings. The standard InChI is InChI=1S/C11H22NO2/c1-6-9(2)7-8-12-10(13)14-11(3,4)5/h8-9H,6-7H2,1-5H3,(H,12,13). The van der Waals surface area contributed by atoms with Gasteiger partial charge < -0.3 is 10.1 Å². The van der Waals surface area contributed by atoms with E-state index in [4.69, 9.17) is 4.74 Å². The van der Waals surface area contributed by atoms with Gasteiger partial charge in [-0.3, -0.25) is 0 Å². The van der Waals surface area contributed by atoms with Gasteiger partial charge in [-0.2, -0.15) is 0 Å². The molecule has 0 bridgehead atoms. The number of alkyl carbamates (subject to hydrolysis) is 1. The molecule has 1 amide bonds. The molecular formula is C11H22NO2. The maximum absolute atomic E-state index is 11.2. The van der Waals surface area contributed by atoms with Crippen molar-refractivity contribution in [2.24, 2.45) is 5.92 Å². The molecule has 0 aromatic rings. The second-order valence-electron chi connectivity index (χ2n) is 4.60. The van der Waals surface area contributed by atoms with Crippen molar-refractivity contribution in [1.82, 2.24) is 5.32 Å². The molecule has 1 N–H and O–H groups in total. The van der Waals surface area contributed by atoms with Crippen LogP contribution in [0.3, 0.4) is 0 Å². The topological polar surface area (TPSA) is 38.3 Å². The summed E-state index contributed by atoms with van der Waals surface area (Å²) in [5.74, 6) is 0.602. The fraction of sp³-hybridized carbons (Fsp3) is 0.818. The van der Waals surface area contributed by atoms with Gasteiger partial charge in [-0.05, 0) is 33.1 Å². The molecular weight excluding hydrogens is 178 g/mol. The maximum Gasteiger partial charge on any atom is 0.407 e. The Kier molecular flexibility index (Phi) is 5.58. The summed E-state index contributed by atoms with van der Waals surface area (Å²) in [6.45, 7) is 11.6. The molecule has 0 aromatic heterocycles. The van der Waals surface area contributed by atoms with E-state index in [9.17, 15) is 4.79 Å². The van der Waals surface area contributed by atoms with Gasteiger partial charge >= 0.3 is 6.09 Å². The predicted octanol–water partition coefficient (Wildman–Crippen LogP) is 3.11. The van der Waals surface area contributed by atoms with Gasteiger partial charge in [0.25, 0.3) is 0 Å². The third kappa shape index (κ3) is 7.90. The number of hydrogen-bond acceptors (Lipinski definition) is 2. The van der Waals surface area contributed by atoms with E-state index in [1.54, 1.807) is 6.54 Å². The summed E-state index contributed by atoms with van der Waals surface area (Å²) < 4.78 is 5.07. The molecule has 14 heavy (non-hydrogen) atoms. The van der Waals surface area contributed by atoms with Crippen LogP contribution in [0.4, 0.5) is 4.79 Å². The molecule has 0 fully saturated rings. The fourth-order valence-corrected chi connectivity index (χ4v) is 0.818. The molecule has 1 unspecified atom stereocenters. The second kappa shape index (κ2) is 5.89. The third-order valence-corrected chi connectivity index (χ3v) is 1.84. The normalized spacial score (nSPS) is 13.5. The minimum atomic E-state index is -0.422. The Bertz CT molecular complexity index is 173. The number of carbonyl (C=O) groups is 1. The van der Waals surface area contributed by atoms with Gasteiger partial charge in [0.05, 0.1) is 6.54 Å². The fourth-order valence-electron chi connectivity index (χ4n) is 0.818. The molecule has 0 spiro atoms. The molecule has 1 radical (unpaired) electrons. The van der Waals surface area contributed by atoms with Crippen LogP contribution in [0.5, 0.6) is 0 Å². The highest BCUT2D eigenvalue weighted by atomic mass is 16.6. The van der Waals surface area contributed by atoms with Crippen LogP contribution < -0.4 is 5.32 Å². The van der Waals surface area contributed by atoms with Crippen molar-refractivity contribution in [1.29, 1.82) is 0 Å². The van der Waals surface area contributed by atoms with Crippen LogP contribution in [0.15, 0.2) is 0 Å². The Morgan fingerprint density at radius 2 is 2.07 bits per heavy atom. The van der Waals surface area contributed by atoms with Gasteiger partial charge in [0.2, 0.25) is 0 Å². The number of carbonyl (C=O) groups excluding carboxylic acids is 1. The van der Waals surface area contributed by atoms with Crippen molar-refractivity contribution < 1.29 is 9.53 Å². The van der Waals surface area contributed by atoms with Crippen LogP contribution in [0.25, 0.3) is 0 Å². The zero-order valence-electron chi connectivity index (χ0n) is 9.89. The first-order chi connectivity index (χ1) is 6.35. The van der Waals surface area contributed by atoms with Crippen molar-refractivity contribution in [2.75, 3.05) is 0 Å². The van der Waals surface area contributed by atoms with Crippen LogP contribution >= 0.6 is 0 Å². The third-order valence-electron chi connectivity index (χ3n) is 1.84. The predicted molar refractivity (Wildman–Crippen MR) is 57.7 cm³/mol. The molecule has 0 aromatic carbocycles. The summed E-state index contributed by atoms with van der Waals surface area (Å²) >= 11 is 0. The van der Waals surface area contributed by atoms with Gasteiger partial charge in [0, 0.05) is 0 Å². The molecule has 3 heteroatoms. The zero-order valence-corrected chi connectivity index (χ0v) is 9.89. The van der Waals surface area contributed by atoms with Gasteiger partial charge in [-0.25, -0.2) is 4.79 Å². The highest BCUT2D eigenvalue weighted by Crippen LogP contribution is 2.09. The van der Waals surface area contributed by atoms with Gasteiger partial charge in [0.15, 0.2) is 0 Å². The van der Waals surface area contributed by atoms with Crippen molar-refractivity contribution in [2.45, 2.75) is 53.1 Å². The van der Waals surface area contributed by atoms with Crippen molar-refractivity contribution in [3.05, 3.63) is 6.54 Å². The summed E-state index contributed by atoms with van der Waals surface area (Å²) in [6, 6.07) is 0. The smallest absolute Gasteiger partial charge is 0.407 e. The molecule has 0 aliphatic heterocycles. The SMILES string of the molecule is CCC(C)C[CH]NC(=O)OC(C)(C)C. The van der Waals surface area contributed by atoms with E-state index in [1.165, 1.54) is 0 Å². The largest absolute Gasteiger partial charge is 0.444 e. The average Bonchev–Trinajstić information content (AvgIpc) is 2.00. The number of ether oxygens (including phenoxy) is 1. The Labute approximate surface area is 87.2 Å². The first kappa shape index (κ1) is 13.3. The van der Waals surface area contributed by atoms with Crippen LogP contribution in [0.2, 0.25) is 0 Å². The van der Waals surface area contributed by atoms with E-state index >= 15 is 0 Å². The zero-order chi connectivity index (χ0) is 11.2. The van der Waals surface area contributed by atoms with Crippen molar-refractivity contribution in [3.8, 4) is 0 Å². The highest BCUT2D eigenvalue weighted by molar-refractivity contribution is 5.68. The molecule has 1 atom stereocenters. The summed E-state index contributed by atoms with van der Waals surface area (Å²) in [7, 11) is 0. The summed E-state index contributed by atoms with van der Waals surface area (Å²) in [5.41, 5.74) is -0.422. The van der Waals surface area contributed by atoms with Gasteiger partial charge in [-0.15, -0.1) is 0 Å². The van der Waals surface area contributed by atoms with Gasteiger partial charge in [-0.1, -0.05) is 20.3 Å². The Balaban J connectivity index is 3.55. The summed E-state index contributed by atoms with van der Waals surface area (Å²) in [5, 5.41) is 2.62. The minimum Gasteiger partial charge on any atom is -0.444 e. The molecule has 83 valence electrons. The van der Waals surface area contributed by atoms with Crippen molar-refractivity contribution >= 4 is 6.09 Å². The first-order valence-corrected chi connectivity index (χ1v) is 5.16. The molecule has 0 saturated heterocycles. The minimum absolute atomic E-state index is 0.374. The maximum atomic E-state index is 11.2. The number of amides is 1. The lowest BCUT2D eigenvalue weighted by molar-refractivity contribution is 0.0540. The molecule has 3 nitrogen and oxygen atoms in total. The van der Waals surface area contributed by atoms with E-state index in [2.05, 4.69) is 19.2 Å². The lowest BCUT2D eigenvalue weighted by atomic mass is 10.1. The Hall–Kier alpha value is -0.730. The molecule has 0 heterocycles. The lowest BCUT2D eigenvalue weighted by Gasteiger charge is -2.19. The van der Waals surface area contributed by atoms with Crippen molar-refractivity contribution in [3.63, 3.8) is 0 Å². The molecule has 0 saturated carbocycles. The van der Waals surface area contributed by atoms with E-state index in [1.807, 2.05) is 20.8 Å². The Morgan fingerprint density at radius 3 is 2.50 bits per heavy atom. The summed E-state index contributed by atoms with van der Waals surface area (Å²) in [4.78, 5) is 11.2. The van der Waals surface area contributed by atoms with Crippen LogP contribution in [-0.4, -0.2) is 11.7 Å². The molecule has 0 aliphatic carbocycles. The van der Waals surface area contributed by atoms with Gasteiger partial charge in [0.1, 0.15) is 5.60 Å². The van der Waals surface area contributed by atoms with E-state index in [0.717, 1.165) is 12.8 Å². The van der Waals surface area contributed by atoms with E-state index in [-0.39, 0.29) is 6.09 Å². The first-order valence-electron chi connectivity index (χ1n) is 5.16. The number of nitrogens with one attached hydrogen (secondary N) is 1. The lowest BCUT2D eigenvalue weighted by Crippen LogP contribution is -2.31. The van der Waals surface area contributed by atoms with Crippen LogP contribution in [-0.2, 0) is 4.74 Å². The van der Waals surface area contributed by atoms with E-state index < -0.39 is 5.60 Å². The number of rotatable bonds is 4. The summed E-state index contributed by atoms with van der Waals surface area (Å²) in [6.07, 6.45) is 1.63.